The summed E-state index contributed by atoms with van der Waals surface area (Å²) in [5.41, 5.74) is 7.45. The van der Waals surface area contributed by atoms with Crippen molar-refractivity contribution in [3.05, 3.63) is 29.6 Å². The van der Waals surface area contributed by atoms with Gasteiger partial charge in [-0.1, -0.05) is 34.6 Å². The molecule has 1 fully saturated rings. The van der Waals surface area contributed by atoms with E-state index in [2.05, 4.69) is 31.1 Å². The molecular formula is C16H25N3O. The molecule has 0 radical (unpaired) electrons. The smallest absolute Gasteiger partial charge is 0.240 e. The summed E-state index contributed by atoms with van der Waals surface area (Å²) in [6.45, 7) is 10.9. The normalized spacial score (nSPS) is 24.3. The zero-order valence-electron chi connectivity index (χ0n) is 13.1. The lowest BCUT2D eigenvalue weighted by Gasteiger charge is -2.20. The summed E-state index contributed by atoms with van der Waals surface area (Å²) < 4.78 is 0. The zero-order chi connectivity index (χ0) is 15.2. The van der Waals surface area contributed by atoms with Gasteiger partial charge in [0, 0.05) is 6.20 Å². The number of carbonyl (C=O) groups excluding carboxylic acids is 1. The van der Waals surface area contributed by atoms with Gasteiger partial charge in [-0.3, -0.25) is 9.78 Å². The van der Waals surface area contributed by atoms with Crippen molar-refractivity contribution < 1.29 is 4.79 Å². The van der Waals surface area contributed by atoms with E-state index in [4.69, 9.17) is 5.73 Å². The fourth-order valence-electron chi connectivity index (χ4n) is 2.41. The molecule has 0 spiro atoms. The van der Waals surface area contributed by atoms with Crippen molar-refractivity contribution in [2.45, 2.75) is 58.5 Å². The van der Waals surface area contributed by atoms with Crippen LogP contribution in [-0.2, 0) is 16.8 Å². The lowest BCUT2D eigenvalue weighted by atomic mass is 9.87. The van der Waals surface area contributed by atoms with Crippen molar-refractivity contribution in [1.29, 1.82) is 0 Å². The molecule has 2 rings (SSSR count). The average molecular weight is 275 g/mol. The third kappa shape index (κ3) is 2.70. The first-order chi connectivity index (χ1) is 9.06. The van der Waals surface area contributed by atoms with E-state index in [1.54, 1.807) is 6.20 Å². The molecule has 110 valence electrons. The van der Waals surface area contributed by atoms with Crippen LogP contribution in [0.15, 0.2) is 18.3 Å². The first-order valence-corrected chi connectivity index (χ1v) is 7.09. The summed E-state index contributed by atoms with van der Waals surface area (Å²) in [5, 5.41) is 2.91. The molecule has 1 aliphatic carbocycles. The number of aromatic nitrogens is 1. The summed E-state index contributed by atoms with van der Waals surface area (Å²) in [6.07, 6.45) is 2.53. The van der Waals surface area contributed by atoms with Gasteiger partial charge in [0.1, 0.15) is 5.54 Å². The molecule has 4 heteroatoms. The van der Waals surface area contributed by atoms with E-state index >= 15 is 0 Å². The molecule has 1 aromatic heterocycles. The van der Waals surface area contributed by atoms with Gasteiger partial charge in [0.25, 0.3) is 0 Å². The molecule has 20 heavy (non-hydrogen) atoms. The van der Waals surface area contributed by atoms with Crippen LogP contribution < -0.4 is 11.1 Å². The van der Waals surface area contributed by atoms with Gasteiger partial charge < -0.3 is 11.1 Å². The van der Waals surface area contributed by atoms with Gasteiger partial charge >= 0.3 is 0 Å². The summed E-state index contributed by atoms with van der Waals surface area (Å²) in [5.74, 6) is -0.0783. The van der Waals surface area contributed by atoms with E-state index in [1.165, 1.54) is 5.56 Å². The Morgan fingerprint density at radius 2 is 2.05 bits per heavy atom. The monoisotopic (exact) mass is 275 g/mol. The van der Waals surface area contributed by atoms with Gasteiger partial charge in [-0.25, -0.2) is 0 Å². The lowest BCUT2D eigenvalue weighted by molar-refractivity contribution is -0.124. The number of nitrogens with one attached hydrogen (secondary N) is 1. The van der Waals surface area contributed by atoms with Crippen LogP contribution in [0.1, 0.15) is 52.3 Å². The number of nitrogens with zero attached hydrogens (tertiary/aromatic N) is 1. The van der Waals surface area contributed by atoms with Crippen molar-refractivity contribution >= 4 is 5.91 Å². The highest BCUT2D eigenvalue weighted by atomic mass is 16.2. The van der Waals surface area contributed by atoms with E-state index in [1.807, 2.05) is 26.0 Å². The van der Waals surface area contributed by atoms with Crippen molar-refractivity contribution in [2.24, 2.45) is 11.1 Å². The van der Waals surface area contributed by atoms with Gasteiger partial charge in [0.2, 0.25) is 5.91 Å². The molecule has 1 heterocycles. The second kappa shape index (κ2) is 4.55. The molecule has 3 N–H and O–H groups in total. The minimum absolute atomic E-state index is 0.0783. The Morgan fingerprint density at radius 1 is 1.45 bits per heavy atom. The maximum absolute atomic E-state index is 12.1. The van der Waals surface area contributed by atoms with Crippen LogP contribution in [0.3, 0.4) is 0 Å². The molecule has 4 nitrogen and oxygen atoms in total. The summed E-state index contributed by atoms with van der Waals surface area (Å²) in [7, 11) is 0. The van der Waals surface area contributed by atoms with Gasteiger partial charge in [0.15, 0.2) is 0 Å². The maximum atomic E-state index is 12.1. The largest absolute Gasteiger partial charge is 0.349 e. The van der Waals surface area contributed by atoms with Crippen molar-refractivity contribution in [3.8, 4) is 0 Å². The molecule has 1 unspecified atom stereocenters. The summed E-state index contributed by atoms with van der Waals surface area (Å²) >= 11 is 0. The number of amides is 1. The lowest BCUT2D eigenvalue weighted by Crippen LogP contribution is -2.45. The predicted molar refractivity (Wildman–Crippen MR) is 80.1 cm³/mol. The maximum Gasteiger partial charge on any atom is 0.240 e. The third-order valence-electron chi connectivity index (χ3n) is 4.32. The van der Waals surface area contributed by atoms with E-state index in [0.717, 1.165) is 12.1 Å². The second-order valence-electron chi connectivity index (χ2n) is 7.50. The van der Waals surface area contributed by atoms with Crippen LogP contribution in [0.4, 0.5) is 0 Å². The first-order valence-electron chi connectivity index (χ1n) is 7.09. The Hall–Kier alpha value is -1.42. The van der Waals surface area contributed by atoms with E-state index in [0.29, 0.717) is 6.54 Å². The second-order valence-corrected chi connectivity index (χ2v) is 7.50. The Kier molecular flexibility index (Phi) is 3.41. The van der Waals surface area contributed by atoms with Crippen LogP contribution in [0.2, 0.25) is 0 Å². The summed E-state index contributed by atoms with van der Waals surface area (Å²) in [4.78, 5) is 16.4. The Balaban J connectivity index is 2.00. The molecular weight excluding hydrogens is 250 g/mol. The van der Waals surface area contributed by atoms with Crippen molar-refractivity contribution in [2.75, 3.05) is 0 Å². The minimum atomic E-state index is -0.714. The van der Waals surface area contributed by atoms with Crippen LogP contribution >= 0.6 is 0 Å². The fourth-order valence-corrected chi connectivity index (χ4v) is 2.41. The number of hydrogen-bond donors (Lipinski definition) is 2. The third-order valence-corrected chi connectivity index (χ3v) is 4.32. The van der Waals surface area contributed by atoms with E-state index < -0.39 is 5.54 Å². The van der Waals surface area contributed by atoms with Gasteiger partial charge in [-0.15, -0.1) is 0 Å². The van der Waals surface area contributed by atoms with Gasteiger partial charge in [0.05, 0.1) is 12.2 Å². The molecule has 0 aromatic carbocycles. The molecule has 0 saturated heterocycles. The zero-order valence-corrected chi connectivity index (χ0v) is 13.1. The van der Waals surface area contributed by atoms with Crippen LogP contribution in [0.25, 0.3) is 0 Å². The van der Waals surface area contributed by atoms with Gasteiger partial charge in [-0.2, -0.15) is 0 Å². The minimum Gasteiger partial charge on any atom is -0.349 e. The summed E-state index contributed by atoms with van der Waals surface area (Å²) in [6, 6.07) is 4.06. The van der Waals surface area contributed by atoms with E-state index in [9.17, 15) is 4.79 Å². The molecule has 1 amide bonds. The predicted octanol–water partition coefficient (Wildman–Crippen LogP) is 2.12. The fraction of sp³-hybridized carbons (Fsp3) is 0.625. The highest BCUT2D eigenvalue weighted by Gasteiger charge is 2.63. The van der Waals surface area contributed by atoms with Crippen molar-refractivity contribution in [3.63, 3.8) is 0 Å². The van der Waals surface area contributed by atoms with Crippen molar-refractivity contribution in [1.82, 2.24) is 10.3 Å². The van der Waals surface area contributed by atoms with E-state index in [-0.39, 0.29) is 16.7 Å². The number of nitrogens with two attached hydrogens (primary N) is 1. The Bertz CT molecular complexity index is 531. The van der Waals surface area contributed by atoms with Crippen LogP contribution in [-0.4, -0.2) is 16.4 Å². The molecule has 0 aliphatic heterocycles. The highest BCUT2D eigenvalue weighted by molar-refractivity contribution is 5.90. The quantitative estimate of drug-likeness (QED) is 0.888. The van der Waals surface area contributed by atoms with Crippen LogP contribution in [0, 0.1) is 5.41 Å². The molecule has 1 saturated carbocycles. The number of hydrogen-bond acceptors (Lipinski definition) is 3. The number of pyridine rings is 1. The molecule has 1 aromatic rings. The average Bonchev–Trinajstić information content (AvgIpc) is 2.86. The topological polar surface area (TPSA) is 68.0 Å². The standard InChI is InChI=1S/C16H25N3O/c1-14(2,3)11-6-7-18-12(8-11)9-19-13(20)16(17)10-15(16,4)5/h6-8H,9-10,17H2,1-5H3,(H,19,20). The first kappa shape index (κ1) is 15.0. The van der Waals surface area contributed by atoms with Gasteiger partial charge in [-0.05, 0) is 34.9 Å². The molecule has 1 aliphatic rings. The Labute approximate surface area is 121 Å². The Morgan fingerprint density at radius 3 is 2.55 bits per heavy atom. The molecule has 0 bridgehead atoms. The SMILES string of the molecule is CC(C)(C)c1ccnc(CNC(=O)C2(N)CC2(C)C)c1. The van der Waals surface area contributed by atoms with Crippen LogP contribution in [0.5, 0.6) is 0 Å². The number of carbonyl (C=O) groups is 1. The highest BCUT2D eigenvalue weighted by Crippen LogP contribution is 2.53. The molecule has 1 atom stereocenters. The number of rotatable bonds is 3.